The first-order valence-corrected chi connectivity index (χ1v) is 10.1. The zero-order chi connectivity index (χ0) is 21.4. The Kier molecular flexibility index (Phi) is 5.22. The molecule has 30 heavy (non-hydrogen) atoms. The Morgan fingerprint density at radius 1 is 1.07 bits per heavy atom. The molecule has 0 saturated carbocycles. The maximum absolute atomic E-state index is 12.8. The van der Waals surface area contributed by atoms with Gasteiger partial charge in [0.1, 0.15) is 5.00 Å². The lowest BCUT2D eigenvalue weighted by atomic mass is 9.79. The van der Waals surface area contributed by atoms with Crippen molar-refractivity contribution in [3.63, 3.8) is 0 Å². The number of nitro groups is 1. The monoisotopic (exact) mass is 431 g/mol. The maximum atomic E-state index is 12.8. The van der Waals surface area contributed by atoms with Crippen molar-refractivity contribution in [1.82, 2.24) is 0 Å². The summed E-state index contributed by atoms with van der Waals surface area (Å²) in [6.45, 7) is 0. The van der Waals surface area contributed by atoms with Crippen molar-refractivity contribution in [2.75, 3.05) is 10.6 Å². The van der Waals surface area contributed by atoms with Gasteiger partial charge in [0.15, 0.2) is 0 Å². The number of nitrogens with one attached hydrogen (secondary N) is 2. The lowest BCUT2D eigenvalue weighted by molar-refractivity contribution is -0.384. The SMILES string of the molecule is O=C(Nc1ccc([N+](=O)[O-])cc1)c1ccsc1NC(=O)[C@H]1[C@H](C(=O)O)[C@H]2CC[C@H]1O2. The van der Waals surface area contributed by atoms with Gasteiger partial charge in [-0.25, -0.2) is 0 Å². The Balaban J connectivity index is 1.46. The van der Waals surface area contributed by atoms with Crippen molar-refractivity contribution in [3.8, 4) is 0 Å². The zero-order valence-electron chi connectivity index (χ0n) is 15.4. The summed E-state index contributed by atoms with van der Waals surface area (Å²) in [5, 5.41) is 27.4. The fraction of sp³-hybridized carbons (Fsp3) is 0.316. The van der Waals surface area contributed by atoms with Gasteiger partial charge in [-0.1, -0.05) is 0 Å². The number of aliphatic carboxylic acids is 1. The number of carbonyl (C=O) groups is 3. The second-order valence-electron chi connectivity index (χ2n) is 7.09. The fourth-order valence-electron chi connectivity index (χ4n) is 3.97. The molecule has 2 fully saturated rings. The topological polar surface area (TPSA) is 148 Å². The third-order valence-corrected chi connectivity index (χ3v) is 6.17. The molecule has 2 aliphatic rings. The molecule has 2 bridgehead atoms. The van der Waals surface area contributed by atoms with E-state index in [0.717, 1.165) is 11.3 Å². The number of carbonyl (C=O) groups excluding carboxylic acids is 2. The van der Waals surface area contributed by atoms with Crippen LogP contribution in [0.2, 0.25) is 0 Å². The number of rotatable bonds is 6. The minimum atomic E-state index is -1.07. The number of amides is 2. The Morgan fingerprint density at radius 2 is 1.73 bits per heavy atom. The molecule has 10 nitrogen and oxygen atoms in total. The van der Waals surface area contributed by atoms with Gasteiger partial charge < -0.3 is 20.5 Å². The molecule has 3 heterocycles. The first kappa shape index (κ1) is 20.0. The van der Waals surface area contributed by atoms with E-state index >= 15 is 0 Å². The smallest absolute Gasteiger partial charge is 0.310 e. The van der Waals surface area contributed by atoms with E-state index in [1.165, 1.54) is 30.3 Å². The van der Waals surface area contributed by atoms with Crippen molar-refractivity contribution in [3.05, 3.63) is 51.4 Å². The summed E-state index contributed by atoms with van der Waals surface area (Å²) >= 11 is 1.14. The highest BCUT2D eigenvalue weighted by Crippen LogP contribution is 2.44. The van der Waals surface area contributed by atoms with Crippen LogP contribution in [0.25, 0.3) is 0 Å². The molecule has 4 rings (SSSR count). The number of carboxylic acid groups (broad SMARTS) is 1. The van der Waals surface area contributed by atoms with Crippen LogP contribution < -0.4 is 10.6 Å². The normalized spacial score (nSPS) is 24.4. The molecule has 4 atom stereocenters. The first-order chi connectivity index (χ1) is 14.3. The quantitative estimate of drug-likeness (QED) is 0.470. The number of non-ortho nitro benzene ring substituents is 1. The molecule has 2 aromatic rings. The predicted octanol–water partition coefficient (Wildman–Crippen LogP) is 2.73. The lowest BCUT2D eigenvalue weighted by Gasteiger charge is -2.23. The fourth-order valence-corrected chi connectivity index (χ4v) is 4.76. The predicted molar refractivity (Wildman–Crippen MR) is 107 cm³/mol. The van der Waals surface area contributed by atoms with E-state index in [1.54, 1.807) is 5.38 Å². The third kappa shape index (κ3) is 3.64. The zero-order valence-corrected chi connectivity index (χ0v) is 16.3. The third-order valence-electron chi connectivity index (χ3n) is 5.34. The summed E-state index contributed by atoms with van der Waals surface area (Å²) in [5.74, 6) is -3.76. The summed E-state index contributed by atoms with van der Waals surface area (Å²) in [7, 11) is 0. The second-order valence-corrected chi connectivity index (χ2v) is 8.01. The van der Waals surface area contributed by atoms with E-state index in [0.29, 0.717) is 23.5 Å². The highest BCUT2D eigenvalue weighted by Gasteiger charge is 2.55. The van der Waals surface area contributed by atoms with Crippen LogP contribution in [0, 0.1) is 22.0 Å². The van der Waals surface area contributed by atoms with Crippen LogP contribution >= 0.6 is 11.3 Å². The number of nitro benzene ring substituents is 1. The van der Waals surface area contributed by atoms with Gasteiger partial charge >= 0.3 is 5.97 Å². The molecule has 2 amide bonds. The van der Waals surface area contributed by atoms with Gasteiger partial charge in [-0.2, -0.15) is 0 Å². The van der Waals surface area contributed by atoms with Crippen LogP contribution in [-0.4, -0.2) is 40.0 Å². The highest BCUT2D eigenvalue weighted by molar-refractivity contribution is 7.14. The molecule has 1 aromatic carbocycles. The molecule has 0 radical (unpaired) electrons. The number of hydrogen-bond donors (Lipinski definition) is 3. The summed E-state index contributed by atoms with van der Waals surface area (Å²) in [6, 6.07) is 6.89. The Hall–Kier alpha value is -3.31. The van der Waals surface area contributed by atoms with Crippen LogP contribution in [0.15, 0.2) is 35.7 Å². The maximum Gasteiger partial charge on any atom is 0.310 e. The summed E-state index contributed by atoms with van der Waals surface area (Å²) in [5.41, 5.74) is 0.474. The first-order valence-electron chi connectivity index (χ1n) is 9.17. The van der Waals surface area contributed by atoms with Gasteiger partial charge in [-0.15, -0.1) is 11.3 Å². The van der Waals surface area contributed by atoms with Crippen LogP contribution in [0.4, 0.5) is 16.4 Å². The van der Waals surface area contributed by atoms with E-state index in [-0.39, 0.29) is 11.3 Å². The van der Waals surface area contributed by atoms with Crippen molar-refractivity contribution < 1.29 is 29.2 Å². The lowest BCUT2D eigenvalue weighted by Crippen LogP contribution is -2.41. The average Bonchev–Trinajstić information content (AvgIpc) is 3.43. The van der Waals surface area contributed by atoms with Crippen LogP contribution in [0.5, 0.6) is 0 Å². The number of ether oxygens (including phenoxy) is 1. The molecular formula is C19H17N3O7S. The minimum Gasteiger partial charge on any atom is -0.481 e. The highest BCUT2D eigenvalue weighted by atomic mass is 32.1. The molecule has 2 aliphatic heterocycles. The Bertz CT molecular complexity index is 1020. The number of carboxylic acids is 1. The van der Waals surface area contributed by atoms with Gasteiger partial charge in [0.2, 0.25) is 5.91 Å². The number of anilines is 2. The van der Waals surface area contributed by atoms with Gasteiger partial charge in [-0.3, -0.25) is 24.5 Å². The van der Waals surface area contributed by atoms with Crippen molar-refractivity contribution in [1.29, 1.82) is 0 Å². The minimum absolute atomic E-state index is 0.0995. The molecular weight excluding hydrogens is 414 g/mol. The molecule has 0 unspecified atom stereocenters. The molecule has 11 heteroatoms. The van der Waals surface area contributed by atoms with Gasteiger partial charge in [0.05, 0.1) is 34.5 Å². The van der Waals surface area contributed by atoms with Crippen molar-refractivity contribution >= 4 is 45.5 Å². The molecule has 1 aromatic heterocycles. The summed E-state index contributed by atoms with van der Waals surface area (Å²) in [4.78, 5) is 47.2. The standard InChI is InChI=1S/C19H17N3O7S/c23-16(20-9-1-3-10(4-2-9)22(27)28)11-7-8-30-18(11)21-17(24)14-12-5-6-13(29-12)15(14)19(25)26/h1-4,7-8,12-15H,5-6H2,(H,20,23)(H,21,24)(H,25,26)/t12-,13-,14-,15-/m1/s1. The molecule has 0 aliphatic carbocycles. The van der Waals surface area contributed by atoms with E-state index in [1.807, 2.05) is 0 Å². The van der Waals surface area contributed by atoms with Crippen LogP contribution in [0.3, 0.4) is 0 Å². The van der Waals surface area contributed by atoms with E-state index in [4.69, 9.17) is 4.74 Å². The van der Waals surface area contributed by atoms with Crippen molar-refractivity contribution in [2.24, 2.45) is 11.8 Å². The second kappa shape index (κ2) is 7.84. The number of thiophene rings is 1. The number of hydrogen-bond acceptors (Lipinski definition) is 7. The summed E-state index contributed by atoms with van der Waals surface area (Å²) in [6.07, 6.45) is 0.350. The van der Waals surface area contributed by atoms with Crippen LogP contribution in [-0.2, 0) is 14.3 Å². The van der Waals surface area contributed by atoms with E-state index in [9.17, 15) is 29.6 Å². The molecule has 156 valence electrons. The van der Waals surface area contributed by atoms with Gasteiger partial charge in [-0.05, 0) is 36.4 Å². The molecule has 2 saturated heterocycles. The summed E-state index contributed by atoms with van der Waals surface area (Å²) < 4.78 is 5.62. The molecule has 0 spiro atoms. The van der Waals surface area contributed by atoms with E-state index in [2.05, 4.69) is 10.6 Å². The van der Waals surface area contributed by atoms with Gasteiger partial charge in [0.25, 0.3) is 11.6 Å². The molecule has 3 N–H and O–H groups in total. The van der Waals surface area contributed by atoms with Crippen LogP contribution in [0.1, 0.15) is 23.2 Å². The number of benzene rings is 1. The Morgan fingerprint density at radius 3 is 2.37 bits per heavy atom. The van der Waals surface area contributed by atoms with Gasteiger partial charge in [0, 0.05) is 17.8 Å². The van der Waals surface area contributed by atoms with E-state index < -0.39 is 46.8 Å². The Labute approximate surface area is 174 Å². The number of nitrogens with zero attached hydrogens (tertiary/aromatic N) is 1. The average molecular weight is 431 g/mol. The van der Waals surface area contributed by atoms with Crippen molar-refractivity contribution in [2.45, 2.75) is 25.0 Å². The largest absolute Gasteiger partial charge is 0.481 e. The number of fused-ring (bicyclic) bond motifs is 2.